The maximum absolute atomic E-state index is 7.45. The van der Waals surface area contributed by atoms with Crippen molar-refractivity contribution < 1.29 is 0 Å². The zero-order chi connectivity index (χ0) is 13.6. The molecule has 5 heteroatoms. The van der Waals surface area contributed by atoms with E-state index in [1.165, 1.54) is 0 Å². The van der Waals surface area contributed by atoms with Crippen LogP contribution in [0.15, 0.2) is 36.4 Å². The molecular formula is C14H13N5. The molecule has 0 unspecified atom stereocenters. The third-order valence-corrected chi connectivity index (χ3v) is 3.22. The highest BCUT2D eigenvalue weighted by atomic mass is 14.7. The number of hydrogen-bond acceptors (Lipinski definition) is 2. The highest BCUT2D eigenvalue weighted by Crippen LogP contribution is 2.26. The number of nitrogen functional groups attached to an aromatic ring is 2. The van der Waals surface area contributed by atoms with Crippen LogP contribution >= 0.6 is 0 Å². The van der Waals surface area contributed by atoms with Crippen LogP contribution in [0.3, 0.4) is 0 Å². The quantitative estimate of drug-likeness (QED) is 0.353. The lowest BCUT2D eigenvalue weighted by Gasteiger charge is -1.98. The summed E-state index contributed by atoms with van der Waals surface area (Å²) in [5, 5.41) is 17.0. The molecule has 0 aliphatic rings. The molecule has 7 N–H and O–H groups in total. The van der Waals surface area contributed by atoms with Gasteiger partial charge in [-0.3, -0.25) is 10.8 Å². The minimum Gasteiger partial charge on any atom is -0.384 e. The van der Waals surface area contributed by atoms with Crippen molar-refractivity contribution in [2.24, 2.45) is 11.5 Å². The molecule has 0 radical (unpaired) electrons. The average molecular weight is 251 g/mol. The topological polar surface area (TPSA) is 116 Å². The summed E-state index contributed by atoms with van der Waals surface area (Å²) in [6.07, 6.45) is 0. The average Bonchev–Trinajstić information content (AvgIpc) is 2.74. The lowest BCUT2D eigenvalue weighted by molar-refractivity contribution is 1.42. The van der Waals surface area contributed by atoms with Crippen molar-refractivity contribution in [2.45, 2.75) is 0 Å². The van der Waals surface area contributed by atoms with Crippen LogP contribution in [0.25, 0.3) is 21.8 Å². The van der Waals surface area contributed by atoms with E-state index in [1.807, 2.05) is 36.4 Å². The van der Waals surface area contributed by atoms with Crippen LogP contribution in [0.5, 0.6) is 0 Å². The molecule has 0 fully saturated rings. The van der Waals surface area contributed by atoms with Crippen molar-refractivity contribution in [3.63, 3.8) is 0 Å². The second-order valence-electron chi connectivity index (χ2n) is 4.47. The van der Waals surface area contributed by atoms with Crippen molar-refractivity contribution in [1.29, 1.82) is 10.8 Å². The predicted molar refractivity (Wildman–Crippen MR) is 77.8 cm³/mol. The monoisotopic (exact) mass is 251 g/mol. The van der Waals surface area contributed by atoms with E-state index in [1.54, 1.807) is 0 Å². The molecule has 1 aromatic heterocycles. The first-order valence-electron chi connectivity index (χ1n) is 5.80. The zero-order valence-electron chi connectivity index (χ0n) is 10.1. The van der Waals surface area contributed by atoms with Gasteiger partial charge in [0.1, 0.15) is 11.7 Å². The van der Waals surface area contributed by atoms with Crippen molar-refractivity contribution in [3.8, 4) is 0 Å². The van der Waals surface area contributed by atoms with Crippen molar-refractivity contribution in [1.82, 2.24) is 4.98 Å². The molecule has 0 aliphatic heterocycles. The van der Waals surface area contributed by atoms with E-state index < -0.39 is 0 Å². The predicted octanol–water partition coefficient (Wildman–Crippen LogP) is 1.89. The number of nitrogens with one attached hydrogen (secondary N) is 3. The van der Waals surface area contributed by atoms with E-state index in [2.05, 4.69) is 4.98 Å². The Bertz CT molecular complexity index is 760. The number of hydrogen-bond donors (Lipinski definition) is 5. The van der Waals surface area contributed by atoms with Gasteiger partial charge in [0.25, 0.3) is 0 Å². The summed E-state index contributed by atoms with van der Waals surface area (Å²) in [4.78, 5) is 3.26. The fourth-order valence-electron chi connectivity index (χ4n) is 2.25. The minimum atomic E-state index is 0.0463. The van der Waals surface area contributed by atoms with Crippen LogP contribution in [-0.2, 0) is 0 Å². The highest BCUT2D eigenvalue weighted by molar-refractivity contribution is 6.11. The highest BCUT2D eigenvalue weighted by Gasteiger charge is 2.07. The molecule has 0 saturated carbocycles. The molecule has 0 bridgehead atoms. The summed E-state index contributed by atoms with van der Waals surface area (Å²) in [7, 11) is 0. The maximum Gasteiger partial charge on any atom is 0.122 e. The van der Waals surface area contributed by atoms with Gasteiger partial charge in [0.15, 0.2) is 0 Å². The maximum atomic E-state index is 7.45. The molecule has 0 spiro atoms. The number of fused-ring (bicyclic) bond motifs is 3. The Morgan fingerprint density at radius 2 is 1.21 bits per heavy atom. The second kappa shape index (κ2) is 3.84. The van der Waals surface area contributed by atoms with E-state index in [0.29, 0.717) is 11.1 Å². The summed E-state index contributed by atoms with van der Waals surface area (Å²) >= 11 is 0. The Kier molecular flexibility index (Phi) is 2.28. The van der Waals surface area contributed by atoms with Crippen molar-refractivity contribution in [2.75, 3.05) is 0 Å². The van der Waals surface area contributed by atoms with E-state index in [-0.39, 0.29) is 11.7 Å². The third-order valence-electron chi connectivity index (χ3n) is 3.22. The number of H-pyrrole nitrogens is 1. The number of benzene rings is 2. The summed E-state index contributed by atoms with van der Waals surface area (Å²) in [6.45, 7) is 0. The first-order chi connectivity index (χ1) is 9.06. The van der Waals surface area contributed by atoms with Gasteiger partial charge in [-0.1, -0.05) is 24.3 Å². The zero-order valence-corrected chi connectivity index (χ0v) is 10.1. The number of amidine groups is 2. The van der Waals surface area contributed by atoms with Gasteiger partial charge < -0.3 is 16.5 Å². The van der Waals surface area contributed by atoms with Crippen LogP contribution in [0.4, 0.5) is 0 Å². The van der Waals surface area contributed by atoms with E-state index in [0.717, 1.165) is 21.8 Å². The van der Waals surface area contributed by atoms with Gasteiger partial charge >= 0.3 is 0 Å². The van der Waals surface area contributed by atoms with Gasteiger partial charge in [0.2, 0.25) is 0 Å². The molecule has 1 heterocycles. The Morgan fingerprint density at radius 3 is 1.58 bits per heavy atom. The van der Waals surface area contributed by atoms with Gasteiger partial charge in [-0.2, -0.15) is 0 Å². The van der Waals surface area contributed by atoms with Crippen LogP contribution < -0.4 is 11.5 Å². The molecule has 2 aromatic carbocycles. The van der Waals surface area contributed by atoms with Gasteiger partial charge in [-0.05, 0) is 12.1 Å². The fourth-order valence-corrected chi connectivity index (χ4v) is 2.25. The van der Waals surface area contributed by atoms with Crippen LogP contribution in [0, 0.1) is 10.8 Å². The summed E-state index contributed by atoms with van der Waals surface area (Å²) in [5.41, 5.74) is 14.2. The van der Waals surface area contributed by atoms with Crippen LogP contribution in [-0.4, -0.2) is 16.7 Å². The number of rotatable bonds is 2. The normalized spacial score (nSPS) is 10.9. The Labute approximate surface area is 109 Å². The molecule has 5 nitrogen and oxygen atoms in total. The summed E-state index contributed by atoms with van der Waals surface area (Å²) < 4.78 is 0. The third kappa shape index (κ3) is 1.72. The lowest BCUT2D eigenvalue weighted by Crippen LogP contribution is -2.10. The largest absolute Gasteiger partial charge is 0.384 e. The summed E-state index contributed by atoms with van der Waals surface area (Å²) in [5.74, 6) is 0.0926. The minimum absolute atomic E-state index is 0.0463. The standard InChI is InChI=1S/C14H13N5/c15-13(16)7-1-3-9-10-4-2-8(14(17)18)6-12(10)19-11(9)5-7/h1-6,19H,(H3,15,16)(H3,17,18). The molecule has 3 rings (SSSR count). The smallest absolute Gasteiger partial charge is 0.122 e. The number of nitrogens with two attached hydrogens (primary N) is 2. The molecule has 94 valence electrons. The molecule has 0 aliphatic carbocycles. The summed E-state index contributed by atoms with van der Waals surface area (Å²) in [6, 6.07) is 11.3. The van der Waals surface area contributed by atoms with Crippen molar-refractivity contribution in [3.05, 3.63) is 47.5 Å². The van der Waals surface area contributed by atoms with Crippen LogP contribution in [0.1, 0.15) is 11.1 Å². The molecule has 0 saturated heterocycles. The van der Waals surface area contributed by atoms with Crippen molar-refractivity contribution >= 4 is 33.5 Å². The molecule has 0 amide bonds. The fraction of sp³-hybridized carbons (Fsp3) is 0. The van der Waals surface area contributed by atoms with Gasteiger partial charge in [-0.15, -0.1) is 0 Å². The van der Waals surface area contributed by atoms with Gasteiger partial charge in [-0.25, -0.2) is 0 Å². The first kappa shape index (κ1) is 11.3. The van der Waals surface area contributed by atoms with Gasteiger partial charge in [0.05, 0.1) is 0 Å². The number of aromatic amines is 1. The Morgan fingerprint density at radius 1 is 0.789 bits per heavy atom. The Balaban J connectivity index is 2.31. The van der Waals surface area contributed by atoms with Gasteiger partial charge in [0, 0.05) is 32.9 Å². The first-order valence-corrected chi connectivity index (χ1v) is 5.80. The Hall–Kier alpha value is -2.82. The molecule has 3 aromatic rings. The van der Waals surface area contributed by atoms with E-state index >= 15 is 0 Å². The molecule has 0 atom stereocenters. The SMILES string of the molecule is N=C(N)c1ccc2c(c1)[nH]c1cc(C(=N)N)ccc12. The second-order valence-corrected chi connectivity index (χ2v) is 4.47. The van der Waals surface area contributed by atoms with Crippen LogP contribution in [0.2, 0.25) is 0 Å². The van der Waals surface area contributed by atoms with E-state index in [4.69, 9.17) is 22.3 Å². The number of aromatic nitrogens is 1. The van der Waals surface area contributed by atoms with E-state index in [9.17, 15) is 0 Å². The lowest BCUT2D eigenvalue weighted by atomic mass is 10.1. The molecular weight excluding hydrogens is 238 g/mol. The molecule has 19 heavy (non-hydrogen) atoms.